The molecule has 0 saturated carbocycles. The average molecular weight is 275 g/mol. The van der Waals surface area contributed by atoms with Crippen molar-refractivity contribution < 1.29 is 4.74 Å². The van der Waals surface area contributed by atoms with Gasteiger partial charge in [0.25, 0.3) is 0 Å². The fourth-order valence-electron chi connectivity index (χ4n) is 2.26. The van der Waals surface area contributed by atoms with Gasteiger partial charge in [0.05, 0.1) is 12.6 Å². The maximum Gasteiger partial charge on any atom is 0.0585 e. The van der Waals surface area contributed by atoms with E-state index < -0.39 is 0 Å². The molecule has 0 aliphatic heterocycles. The average Bonchev–Trinajstić information content (AvgIpc) is 2.85. The Morgan fingerprint density at radius 2 is 1.95 bits per heavy atom. The van der Waals surface area contributed by atoms with Crippen LogP contribution in [-0.2, 0) is 11.2 Å². The summed E-state index contributed by atoms with van der Waals surface area (Å²) in [5.41, 5.74) is 5.36. The zero-order chi connectivity index (χ0) is 13.7. The van der Waals surface area contributed by atoms with E-state index in [2.05, 4.69) is 47.3 Å². The van der Waals surface area contributed by atoms with Crippen molar-refractivity contribution in [3.63, 3.8) is 0 Å². The van der Waals surface area contributed by atoms with Crippen molar-refractivity contribution in [3.05, 3.63) is 57.3 Å². The largest absolute Gasteiger partial charge is 0.384 e. The van der Waals surface area contributed by atoms with Crippen molar-refractivity contribution in [2.24, 2.45) is 0 Å². The molecule has 2 aromatic rings. The first kappa shape index (κ1) is 14.3. The number of rotatable bonds is 6. The van der Waals surface area contributed by atoms with Crippen LogP contribution >= 0.6 is 11.3 Å². The lowest BCUT2D eigenvalue weighted by Gasteiger charge is -2.17. The number of nitrogens with one attached hydrogen (secondary N) is 1. The molecule has 0 bridgehead atoms. The summed E-state index contributed by atoms with van der Waals surface area (Å²) in [5.74, 6) is 0. The molecule has 1 atom stereocenters. The Labute approximate surface area is 119 Å². The minimum absolute atomic E-state index is 0.280. The van der Waals surface area contributed by atoms with E-state index in [1.54, 1.807) is 18.4 Å². The van der Waals surface area contributed by atoms with E-state index in [1.807, 2.05) is 7.05 Å². The van der Waals surface area contributed by atoms with Crippen LogP contribution in [0.2, 0.25) is 0 Å². The summed E-state index contributed by atoms with van der Waals surface area (Å²) in [6.07, 6.45) is 0.971. The minimum atomic E-state index is 0.280. The Bertz CT molecular complexity index is 504. The van der Waals surface area contributed by atoms with E-state index in [4.69, 9.17) is 4.74 Å². The van der Waals surface area contributed by atoms with Crippen LogP contribution in [0.3, 0.4) is 0 Å². The molecule has 2 nitrogen and oxygen atoms in total. The molecular formula is C16H21NOS. The molecule has 19 heavy (non-hydrogen) atoms. The fraction of sp³-hybridized carbons (Fsp3) is 0.375. The molecule has 0 radical (unpaired) electrons. The van der Waals surface area contributed by atoms with E-state index in [9.17, 15) is 0 Å². The molecule has 0 aliphatic carbocycles. The van der Waals surface area contributed by atoms with Crippen molar-refractivity contribution in [2.75, 3.05) is 20.8 Å². The predicted octanol–water partition coefficient (Wildman–Crippen LogP) is 3.55. The zero-order valence-electron chi connectivity index (χ0n) is 11.8. The summed E-state index contributed by atoms with van der Waals surface area (Å²) >= 11 is 1.76. The molecule has 0 spiro atoms. The Kier molecular flexibility index (Phi) is 5.14. The van der Waals surface area contributed by atoms with Crippen molar-refractivity contribution in [3.8, 4) is 0 Å². The highest BCUT2D eigenvalue weighted by Crippen LogP contribution is 2.27. The third-order valence-corrected chi connectivity index (χ3v) is 4.28. The van der Waals surface area contributed by atoms with Gasteiger partial charge in [-0.2, -0.15) is 11.3 Å². The van der Waals surface area contributed by atoms with Crippen molar-refractivity contribution in [1.82, 2.24) is 5.32 Å². The molecule has 1 heterocycles. The second-order valence-corrected chi connectivity index (χ2v) is 5.46. The van der Waals surface area contributed by atoms with Gasteiger partial charge >= 0.3 is 0 Å². The normalized spacial score (nSPS) is 12.6. The van der Waals surface area contributed by atoms with Gasteiger partial charge in [-0.15, -0.1) is 0 Å². The lowest BCUT2D eigenvalue weighted by molar-refractivity contribution is 0.202. The van der Waals surface area contributed by atoms with E-state index in [-0.39, 0.29) is 6.04 Å². The van der Waals surface area contributed by atoms with Crippen LogP contribution in [0.15, 0.2) is 35.0 Å². The van der Waals surface area contributed by atoms with Gasteiger partial charge in [0.1, 0.15) is 0 Å². The molecule has 0 aliphatic rings. The SMILES string of the molecule is CNC(c1ccc(CCOC)cc1)c1cscc1C. The monoisotopic (exact) mass is 275 g/mol. The maximum absolute atomic E-state index is 5.11. The van der Waals surface area contributed by atoms with Crippen LogP contribution in [0.25, 0.3) is 0 Å². The highest BCUT2D eigenvalue weighted by atomic mass is 32.1. The Morgan fingerprint density at radius 3 is 2.47 bits per heavy atom. The molecule has 3 heteroatoms. The van der Waals surface area contributed by atoms with Crippen molar-refractivity contribution >= 4 is 11.3 Å². The summed E-state index contributed by atoms with van der Waals surface area (Å²) in [5, 5.41) is 7.84. The molecule has 102 valence electrons. The van der Waals surface area contributed by atoms with Gasteiger partial charge in [0.15, 0.2) is 0 Å². The first-order chi connectivity index (χ1) is 9.26. The quantitative estimate of drug-likeness (QED) is 0.870. The number of aryl methyl sites for hydroxylation is 1. The molecule has 1 aromatic heterocycles. The number of thiophene rings is 1. The molecular weight excluding hydrogens is 254 g/mol. The molecule has 1 unspecified atom stereocenters. The van der Waals surface area contributed by atoms with Crippen LogP contribution in [0.1, 0.15) is 28.3 Å². The van der Waals surface area contributed by atoms with Gasteiger partial charge in [0, 0.05) is 7.11 Å². The van der Waals surface area contributed by atoms with Gasteiger partial charge in [-0.1, -0.05) is 24.3 Å². The highest BCUT2D eigenvalue weighted by molar-refractivity contribution is 7.08. The van der Waals surface area contributed by atoms with E-state index in [0.29, 0.717) is 0 Å². The van der Waals surface area contributed by atoms with Gasteiger partial charge in [-0.3, -0.25) is 0 Å². The topological polar surface area (TPSA) is 21.3 Å². The molecule has 0 saturated heterocycles. The number of methoxy groups -OCH3 is 1. The van der Waals surface area contributed by atoms with Crippen LogP contribution in [-0.4, -0.2) is 20.8 Å². The first-order valence-corrected chi connectivity index (χ1v) is 7.48. The number of hydrogen-bond acceptors (Lipinski definition) is 3. The van der Waals surface area contributed by atoms with Gasteiger partial charge < -0.3 is 10.1 Å². The predicted molar refractivity (Wildman–Crippen MR) is 82.0 cm³/mol. The number of hydrogen-bond donors (Lipinski definition) is 1. The second-order valence-electron chi connectivity index (χ2n) is 4.72. The van der Waals surface area contributed by atoms with E-state index in [0.717, 1.165) is 13.0 Å². The third-order valence-electron chi connectivity index (χ3n) is 3.40. The smallest absolute Gasteiger partial charge is 0.0585 e. The molecule has 2 rings (SSSR count). The first-order valence-electron chi connectivity index (χ1n) is 6.54. The standard InChI is InChI=1S/C16H21NOS/c1-12-10-19-11-15(12)16(17-2)14-6-4-13(5-7-14)8-9-18-3/h4-7,10-11,16-17H,8-9H2,1-3H3. The van der Waals surface area contributed by atoms with Crippen LogP contribution in [0, 0.1) is 6.92 Å². The highest BCUT2D eigenvalue weighted by Gasteiger charge is 2.14. The lowest BCUT2D eigenvalue weighted by Crippen LogP contribution is -2.17. The number of benzene rings is 1. The molecule has 1 aromatic carbocycles. The molecule has 0 amide bonds. The minimum Gasteiger partial charge on any atom is -0.384 e. The Balaban J connectivity index is 2.18. The Hall–Kier alpha value is -1.16. The Morgan fingerprint density at radius 1 is 1.21 bits per heavy atom. The van der Waals surface area contributed by atoms with E-state index >= 15 is 0 Å². The summed E-state index contributed by atoms with van der Waals surface area (Å²) in [4.78, 5) is 0. The summed E-state index contributed by atoms with van der Waals surface area (Å²) in [6.45, 7) is 2.95. The van der Waals surface area contributed by atoms with Gasteiger partial charge in [-0.05, 0) is 53.4 Å². The van der Waals surface area contributed by atoms with Crippen LogP contribution in [0.4, 0.5) is 0 Å². The van der Waals surface area contributed by atoms with Gasteiger partial charge in [-0.25, -0.2) is 0 Å². The summed E-state index contributed by atoms with van der Waals surface area (Å²) in [7, 11) is 3.76. The summed E-state index contributed by atoms with van der Waals surface area (Å²) in [6, 6.07) is 9.09. The number of ether oxygens (including phenoxy) is 1. The zero-order valence-corrected chi connectivity index (χ0v) is 12.6. The molecule has 0 fully saturated rings. The van der Waals surface area contributed by atoms with Crippen molar-refractivity contribution in [2.45, 2.75) is 19.4 Å². The summed E-state index contributed by atoms with van der Waals surface area (Å²) < 4.78 is 5.11. The third kappa shape index (κ3) is 3.44. The second kappa shape index (κ2) is 6.85. The fourth-order valence-corrected chi connectivity index (χ4v) is 3.14. The van der Waals surface area contributed by atoms with Crippen molar-refractivity contribution in [1.29, 1.82) is 0 Å². The molecule has 1 N–H and O–H groups in total. The lowest BCUT2D eigenvalue weighted by atomic mass is 9.97. The van der Waals surface area contributed by atoms with Crippen LogP contribution < -0.4 is 5.32 Å². The van der Waals surface area contributed by atoms with E-state index in [1.165, 1.54) is 22.3 Å². The van der Waals surface area contributed by atoms with Crippen LogP contribution in [0.5, 0.6) is 0 Å². The maximum atomic E-state index is 5.11. The van der Waals surface area contributed by atoms with Gasteiger partial charge in [0.2, 0.25) is 0 Å².